The molecule has 0 aliphatic heterocycles. The van der Waals surface area contributed by atoms with E-state index in [-0.39, 0.29) is 11.7 Å². The summed E-state index contributed by atoms with van der Waals surface area (Å²) in [6.45, 7) is 4.47. The van der Waals surface area contributed by atoms with Crippen molar-refractivity contribution in [2.24, 2.45) is 0 Å². The molecule has 0 spiro atoms. The first-order chi connectivity index (χ1) is 14.0. The molecule has 0 bridgehead atoms. The lowest BCUT2D eigenvalue weighted by atomic mass is 10.1. The van der Waals surface area contributed by atoms with Crippen LogP contribution in [-0.2, 0) is 6.54 Å². The monoisotopic (exact) mass is 394 g/mol. The van der Waals surface area contributed by atoms with Gasteiger partial charge in [0.2, 0.25) is 5.95 Å². The summed E-state index contributed by atoms with van der Waals surface area (Å²) < 4.78 is 30.7. The van der Waals surface area contributed by atoms with E-state index in [0.29, 0.717) is 12.5 Å². The van der Waals surface area contributed by atoms with Gasteiger partial charge in [-0.3, -0.25) is 4.57 Å². The predicted octanol–water partition coefficient (Wildman–Crippen LogP) is 3.89. The van der Waals surface area contributed by atoms with Crippen LogP contribution < -0.4 is 5.32 Å². The molecule has 4 rings (SSSR count). The molecule has 1 aromatic carbocycles. The van der Waals surface area contributed by atoms with Crippen molar-refractivity contribution in [1.29, 1.82) is 0 Å². The molecule has 0 fully saturated rings. The summed E-state index contributed by atoms with van der Waals surface area (Å²) in [7, 11) is 0. The van der Waals surface area contributed by atoms with Crippen LogP contribution in [0.15, 0.2) is 61.2 Å². The Kier molecular flexibility index (Phi) is 5.18. The van der Waals surface area contributed by atoms with Crippen molar-refractivity contribution in [3.05, 3.63) is 89.8 Å². The van der Waals surface area contributed by atoms with Gasteiger partial charge in [0, 0.05) is 54.2 Å². The number of benzene rings is 1. The minimum absolute atomic E-state index is 0.0349. The Labute approximate surface area is 166 Å². The summed E-state index contributed by atoms with van der Waals surface area (Å²) in [5.41, 5.74) is 2.95. The fourth-order valence-electron chi connectivity index (χ4n) is 3.28. The molecular formula is C21H20F2N6. The Morgan fingerprint density at radius 2 is 1.90 bits per heavy atom. The third-order valence-electron chi connectivity index (χ3n) is 4.84. The standard InChI is InChI=1S/C21H20F2N6/c1-14(26-12-17-5-3-10-28(17)21-24-8-4-9-25-21)18-13-27-29(15(18)2)20-7-6-16(22)11-19(20)23/h3-11,13-14,26H,12H2,1-2H3. The number of nitrogens with zero attached hydrogens (tertiary/aromatic N) is 5. The van der Waals surface area contributed by atoms with Crippen LogP contribution in [0.3, 0.4) is 0 Å². The van der Waals surface area contributed by atoms with E-state index in [1.54, 1.807) is 24.7 Å². The number of hydrogen-bond donors (Lipinski definition) is 1. The van der Waals surface area contributed by atoms with Gasteiger partial charge in [-0.15, -0.1) is 0 Å². The maximum absolute atomic E-state index is 14.1. The molecule has 0 radical (unpaired) electrons. The fourth-order valence-corrected chi connectivity index (χ4v) is 3.28. The quantitative estimate of drug-likeness (QED) is 0.539. The molecule has 1 atom stereocenters. The van der Waals surface area contributed by atoms with Gasteiger partial charge in [0.15, 0.2) is 5.82 Å². The molecule has 0 aliphatic rings. The molecule has 148 valence electrons. The van der Waals surface area contributed by atoms with Gasteiger partial charge < -0.3 is 5.32 Å². The summed E-state index contributed by atoms with van der Waals surface area (Å²) in [6.07, 6.45) is 7.02. The molecule has 0 saturated carbocycles. The second-order valence-corrected chi connectivity index (χ2v) is 6.71. The lowest BCUT2D eigenvalue weighted by Gasteiger charge is -2.15. The maximum atomic E-state index is 14.1. The first kappa shape index (κ1) is 18.9. The highest BCUT2D eigenvalue weighted by atomic mass is 19.1. The van der Waals surface area contributed by atoms with E-state index < -0.39 is 11.6 Å². The van der Waals surface area contributed by atoms with Crippen LogP contribution in [0.4, 0.5) is 8.78 Å². The molecule has 3 heterocycles. The molecule has 1 N–H and O–H groups in total. The van der Waals surface area contributed by atoms with Gasteiger partial charge in [-0.1, -0.05) is 0 Å². The molecule has 29 heavy (non-hydrogen) atoms. The van der Waals surface area contributed by atoms with E-state index in [2.05, 4.69) is 20.4 Å². The first-order valence-electron chi connectivity index (χ1n) is 9.21. The molecule has 3 aromatic heterocycles. The molecule has 0 aliphatic carbocycles. The lowest BCUT2D eigenvalue weighted by Crippen LogP contribution is -2.20. The van der Waals surface area contributed by atoms with Crippen molar-refractivity contribution >= 4 is 0 Å². The molecular weight excluding hydrogens is 374 g/mol. The Bertz CT molecular complexity index is 1120. The Hall–Kier alpha value is -3.39. The Morgan fingerprint density at radius 1 is 1.10 bits per heavy atom. The lowest BCUT2D eigenvalue weighted by molar-refractivity contribution is 0.557. The van der Waals surface area contributed by atoms with Gasteiger partial charge in [-0.2, -0.15) is 5.10 Å². The summed E-state index contributed by atoms with van der Waals surface area (Å²) in [5, 5.41) is 7.75. The van der Waals surface area contributed by atoms with Gasteiger partial charge in [0.25, 0.3) is 0 Å². The van der Waals surface area contributed by atoms with Crippen LogP contribution in [-0.4, -0.2) is 24.3 Å². The van der Waals surface area contributed by atoms with Gasteiger partial charge in [0.1, 0.15) is 11.5 Å². The first-order valence-corrected chi connectivity index (χ1v) is 9.21. The average molecular weight is 394 g/mol. The molecule has 4 aromatic rings. The summed E-state index contributed by atoms with van der Waals surface area (Å²) in [5.74, 6) is -0.654. The molecule has 1 unspecified atom stereocenters. The van der Waals surface area contributed by atoms with E-state index in [9.17, 15) is 8.78 Å². The molecule has 0 amide bonds. The average Bonchev–Trinajstić information content (AvgIpc) is 3.34. The smallest absolute Gasteiger partial charge is 0.233 e. The van der Waals surface area contributed by atoms with Crippen molar-refractivity contribution in [3.8, 4) is 11.6 Å². The molecule has 0 saturated heterocycles. The number of aromatic nitrogens is 5. The van der Waals surface area contributed by atoms with Crippen molar-refractivity contribution in [1.82, 2.24) is 29.6 Å². The van der Waals surface area contributed by atoms with Crippen molar-refractivity contribution in [3.63, 3.8) is 0 Å². The van der Waals surface area contributed by atoms with E-state index in [1.807, 2.05) is 36.7 Å². The fraction of sp³-hybridized carbons (Fsp3) is 0.190. The third kappa shape index (κ3) is 3.79. The highest BCUT2D eigenvalue weighted by Crippen LogP contribution is 2.22. The van der Waals surface area contributed by atoms with Crippen molar-refractivity contribution in [2.75, 3.05) is 0 Å². The van der Waals surface area contributed by atoms with Crippen LogP contribution in [0.25, 0.3) is 11.6 Å². The van der Waals surface area contributed by atoms with Crippen LogP contribution in [0.2, 0.25) is 0 Å². The number of nitrogens with one attached hydrogen (secondary N) is 1. The minimum Gasteiger partial charge on any atom is -0.305 e. The van der Waals surface area contributed by atoms with Crippen molar-refractivity contribution in [2.45, 2.75) is 26.4 Å². The maximum Gasteiger partial charge on any atom is 0.233 e. The van der Waals surface area contributed by atoms with Gasteiger partial charge in [-0.05, 0) is 44.2 Å². The molecule has 8 heteroatoms. The number of rotatable bonds is 6. The highest BCUT2D eigenvalue weighted by Gasteiger charge is 2.17. The highest BCUT2D eigenvalue weighted by molar-refractivity contribution is 5.37. The number of hydrogen-bond acceptors (Lipinski definition) is 4. The Morgan fingerprint density at radius 3 is 2.66 bits per heavy atom. The van der Waals surface area contributed by atoms with Gasteiger partial charge in [-0.25, -0.2) is 23.4 Å². The van der Waals surface area contributed by atoms with E-state index in [0.717, 1.165) is 23.0 Å². The second-order valence-electron chi connectivity index (χ2n) is 6.71. The van der Waals surface area contributed by atoms with Crippen LogP contribution in [0, 0.1) is 18.6 Å². The predicted molar refractivity (Wildman–Crippen MR) is 105 cm³/mol. The summed E-state index contributed by atoms with van der Waals surface area (Å²) in [4.78, 5) is 8.56. The summed E-state index contributed by atoms with van der Waals surface area (Å²) in [6, 6.07) is 9.15. The number of halogens is 2. The van der Waals surface area contributed by atoms with Crippen LogP contribution in [0.1, 0.15) is 29.9 Å². The molecule has 6 nitrogen and oxygen atoms in total. The van der Waals surface area contributed by atoms with E-state index in [4.69, 9.17) is 0 Å². The largest absolute Gasteiger partial charge is 0.305 e. The zero-order valence-corrected chi connectivity index (χ0v) is 16.0. The van der Waals surface area contributed by atoms with E-state index in [1.165, 1.54) is 16.8 Å². The minimum atomic E-state index is -0.649. The topological polar surface area (TPSA) is 60.6 Å². The Balaban J connectivity index is 1.51. The summed E-state index contributed by atoms with van der Waals surface area (Å²) >= 11 is 0. The zero-order chi connectivity index (χ0) is 20.4. The van der Waals surface area contributed by atoms with Gasteiger partial charge >= 0.3 is 0 Å². The van der Waals surface area contributed by atoms with Crippen LogP contribution in [0.5, 0.6) is 0 Å². The second kappa shape index (κ2) is 7.92. The zero-order valence-electron chi connectivity index (χ0n) is 16.0. The van der Waals surface area contributed by atoms with Gasteiger partial charge in [0.05, 0.1) is 6.20 Å². The van der Waals surface area contributed by atoms with Crippen LogP contribution >= 0.6 is 0 Å². The van der Waals surface area contributed by atoms with E-state index >= 15 is 0 Å². The normalized spacial score (nSPS) is 12.3. The van der Waals surface area contributed by atoms with Crippen molar-refractivity contribution < 1.29 is 8.78 Å². The SMILES string of the molecule is Cc1c(C(C)NCc2cccn2-c2ncccn2)cnn1-c1ccc(F)cc1F. The third-order valence-corrected chi connectivity index (χ3v) is 4.84.